The Balaban J connectivity index is 1.87. The number of hydrogen-bond acceptors (Lipinski definition) is 9. The first-order chi connectivity index (χ1) is 15.0. The van der Waals surface area contributed by atoms with Gasteiger partial charge in [0.15, 0.2) is 22.1 Å². The summed E-state index contributed by atoms with van der Waals surface area (Å²) in [5.41, 5.74) is 0.0659. The number of carbonyl (C=O) groups is 3. The molecule has 0 bridgehead atoms. The van der Waals surface area contributed by atoms with Crippen LogP contribution in [0.4, 0.5) is 5.00 Å². The smallest absolute Gasteiger partial charge is 0.341 e. The van der Waals surface area contributed by atoms with E-state index in [0.717, 1.165) is 27.7 Å². The van der Waals surface area contributed by atoms with Crippen molar-refractivity contribution < 1.29 is 19.1 Å². The summed E-state index contributed by atoms with van der Waals surface area (Å²) >= 11 is 2.07. The molecule has 3 rings (SSSR count). The van der Waals surface area contributed by atoms with Crippen molar-refractivity contribution >= 4 is 56.9 Å². The maximum absolute atomic E-state index is 12.6. The highest BCUT2D eigenvalue weighted by Crippen LogP contribution is 2.34. The number of thioether (sulfide) groups is 1. The van der Waals surface area contributed by atoms with E-state index in [9.17, 15) is 24.0 Å². The molecule has 3 heterocycles. The predicted molar refractivity (Wildman–Crippen MR) is 121 cm³/mol. The molecule has 0 aliphatic heterocycles. The van der Waals surface area contributed by atoms with Crippen molar-refractivity contribution in [1.29, 1.82) is 0 Å². The minimum Gasteiger partial charge on any atom is -0.465 e. The third kappa shape index (κ3) is 3.88. The van der Waals surface area contributed by atoms with Gasteiger partial charge in [-0.1, -0.05) is 11.8 Å². The Bertz CT molecular complexity index is 1390. The molecule has 0 aromatic carbocycles. The zero-order valence-corrected chi connectivity index (χ0v) is 19.9. The second kappa shape index (κ2) is 8.74. The number of rotatable bonds is 6. The lowest BCUT2D eigenvalue weighted by Gasteiger charge is -2.06. The summed E-state index contributed by atoms with van der Waals surface area (Å²) in [7, 11) is 5.74. The summed E-state index contributed by atoms with van der Waals surface area (Å²) < 4.78 is 8.56. The van der Waals surface area contributed by atoms with E-state index in [4.69, 9.17) is 4.74 Å². The van der Waals surface area contributed by atoms with E-state index in [1.165, 1.54) is 37.3 Å². The van der Waals surface area contributed by atoms with Gasteiger partial charge in [-0.2, -0.15) is 0 Å². The fourth-order valence-corrected chi connectivity index (χ4v) is 5.08. The second-order valence-electron chi connectivity index (χ2n) is 6.98. The molecule has 3 aromatic heterocycles. The molecule has 1 amide bonds. The van der Waals surface area contributed by atoms with E-state index in [1.54, 1.807) is 14.0 Å². The van der Waals surface area contributed by atoms with Gasteiger partial charge in [-0.05, 0) is 19.4 Å². The van der Waals surface area contributed by atoms with Crippen LogP contribution in [-0.4, -0.2) is 49.2 Å². The Morgan fingerprint density at radius 3 is 2.38 bits per heavy atom. The number of ketones is 1. The second-order valence-corrected chi connectivity index (χ2v) is 8.94. The van der Waals surface area contributed by atoms with Crippen LogP contribution >= 0.6 is 23.1 Å². The number of amides is 1. The molecule has 3 aromatic rings. The lowest BCUT2D eigenvalue weighted by Crippen LogP contribution is -2.37. The molecule has 0 aliphatic rings. The molecule has 11 nitrogen and oxygen atoms in total. The SMILES string of the molecule is COC(=O)c1c(NC(=O)CSc2nc3c(c(=O)n(C)c(=O)n3C)n2C)sc(C(C)=O)c1C. The van der Waals surface area contributed by atoms with Crippen molar-refractivity contribution in [3.05, 3.63) is 36.8 Å². The van der Waals surface area contributed by atoms with E-state index in [1.807, 2.05) is 0 Å². The molecule has 0 unspecified atom stereocenters. The van der Waals surface area contributed by atoms with Crippen molar-refractivity contribution in [1.82, 2.24) is 18.7 Å². The maximum Gasteiger partial charge on any atom is 0.341 e. The molecule has 0 atom stereocenters. The zero-order chi connectivity index (χ0) is 23.9. The van der Waals surface area contributed by atoms with Crippen LogP contribution in [0.2, 0.25) is 0 Å². The third-order valence-corrected chi connectivity index (χ3v) is 7.21. The number of nitrogens with one attached hydrogen (secondary N) is 1. The quantitative estimate of drug-likeness (QED) is 0.315. The number of methoxy groups -OCH3 is 1. The summed E-state index contributed by atoms with van der Waals surface area (Å²) in [4.78, 5) is 65.9. The van der Waals surface area contributed by atoms with E-state index in [2.05, 4.69) is 10.3 Å². The van der Waals surface area contributed by atoms with Crippen LogP contribution < -0.4 is 16.6 Å². The number of hydrogen-bond donors (Lipinski definition) is 1. The Morgan fingerprint density at radius 2 is 1.78 bits per heavy atom. The van der Waals surface area contributed by atoms with Gasteiger partial charge in [0.2, 0.25) is 5.91 Å². The molecule has 0 fully saturated rings. The maximum atomic E-state index is 12.6. The van der Waals surface area contributed by atoms with Gasteiger partial charge in [0.05, 0.1) is 23.3 Å². The van der Waals surface area contributed by atoms with Crippen molar-refractivity contribution in [3.63, 3.8) is 0 Å². The summed E-state index contributed by atoms with van der Waals surface area (Å²) in [5.74, 6) is -1.40. The summed E-state index contributed by atoms with van der Waals surface area (Å²) in [6, 6.07) is 0. The van der Waals surface area contributed by atoms with E-state index < -0.39 is 23.1 Å². The number of aryl methyl sites for hydroxylation is 2. The summed E-state index contributed by atoms with van der Waals surface area (Å²) in [5, 5.41) is 3.25. The van der Waals surface area contributed by atoms with Gasteiger partial charge in [0.25, 0.3) is 5.56 Å². The lowest BCUT2D eigenvalue weighted by atomic mass is 10.1. The van der Waals surface area contributed by atoms with Crippen LogP contribution in [0.1, 0.15) is 32.5 Å². The van der Waals surface area contributed by atoms with Crippen LogP contribution in [-0.2, 0) is 30.7 Å². The first-order valence-electron chi connectivity index (χ1n) is 9.27. The molecule has 1 N–H and O–H groups in total. The van der Waals surface area contributed by atoms with E-state index in [0.29, 0.717) is 15.6 Å². The Labute approximate surface area is 190 Å². The minimum absolute atomic E-state index is 0.0849. The number of fused-ring (bicyclic) bond motifs is 1. The molecule has 0 spiro atoms. The highest BCUT2D eigenvalue weighted by Gasteiger charge is 2.25. The predicted octanol–water partition coefficient (Wildman–Crippen LogP) is 1.06. The molecule has 170 valence electrons. The van der Waals surface area contributed by atoms with Crippen LogP contribution in [0.15, 0.2) is 14.7 Å². The number of nitrogens with zero attached hydrogens (tertiary/aromatic N) is 4. The average molecular weight is 480 g/mol. The van der Waals surface area contributed by atoms with Crippen LogP contribution in [0.25, 0.3) is 11.2 Å². The number of Topliss-reactive ketones (excluding diaryl/α,β-unsaturated/α-hetero) is 1. The van der Waals surface area contributed by atoms with Crippen LogP contribution in [0, 0.1) is 6.92 Å². The van der Waals surface area contributed by atoms with E-state index in [-0.39, 0.29) is 33.3 Å². The number of imidazole rings is 1. The standard InChI is InChI=1S/C19H21N5O6S2/c1-8-11(17(28)30-6)15(32-13(8)9(2)25)20-10(26)7-31-18-21-14-12(22(18)3)16(27)24(5)19(29)23(14)4/h7H2,1-6H3,(H,20,26). The summed E-state index contributed by atoms with van der Waals surface area (Å²) in [6.45, 7) is 3.00. The van der Waals surface area contributed by atoms with Gasteiger partial charge in [-0.25, -0.2) is 14.6 Å². The fraction of sp³-hybridized carbons (Fsp3) is 0.368. The van der Waals surface area contributed by atoms with E-state index >= 15 is 0 Å². The molecule has 32 heavy (non-hydrogen) atoms. The molecular weight excluding hydrogens is 458 g/mol. The topological polar surface area (TPSA) is 134 Å². The number of esters is 1. The molecule has 0 saturated carbocycles. The normalized spacial score (nSPS) is 11.1. The van der Waals surface area contributed by atoms with Gasteiger partial charge in [0, 0.05) is 21.1 Å². The summed E-state index contributed by atoms with van der Waals surface area (Å²) in [6.07, 6.45) is 0. The number of anilines is 1. The Morgan fingerprint density at radius 1 is 1.12 bits per heavy atom. The molecular formula is C19H21N5O6S2. The van der Waals surface area contributed by atoms with Crippen LogP contribution in [0.3, 0.4) is 0 Å². The molecule has 0 radical (unpaired) electrons. The Hall–Kier alpha value is -3.19. The first-order valence-corrected chi connectivity index (χ1v) is 11.1. The van der Waals surface area contributed by atoms with Gasteiger partial charge in [0.1, 0.15) is 5.00 Å². The lowest BCUT2D eigenvalue weighted by molar-refractivity contribution is -0.113. The molecule has 0 saturated heterocycles. The third-order valence-electron chi connectivity index (χ3n) is 4.88. The van der Waals surface area contributed by atoms with Gasteiger partial charge in [-0.3, -0.25) is 23.5 Å². The fourth-order valence-electron chi connectivity index (χ4n) is 3.21. The highest BCUT2D eigenvalue weighted by atomic mass is 32.2. The number of thiophene rings is 1. The monoisotopic (exact) mass is 479 g/mol. The van der Waals surface area contributed by atoms with Crippen molar-refractivity contribution in [2.24, 2.45) is 21.1 Å². The van der Waals surface area contributed by atoms with Crippen molar-refractivity contribution in [2.75, 3.05) is 18.2 Å². The van der Waals surface area contributed by atoms with Gasteiger partial charge < -0.3 is 14.6 Å². The van der Waals surface area contributed by atoms with Gasteiger partial charge in [-0.15, -0.1) is 11.3 Å². The number of ether oxygens (including phenoxy) is 1. The van der Waals surface area contributed by atoms with Crippen LogP contribution in [0.5, 0.6) is 0 Å². The number of carbonyl (C=O) groups excluding carboxylic acids is 3. The minimum atomic E-state index is -0.652. The molecule has 13 heteroatoms. The first kappa shape index (κ1) is 23.5. The van der Waals surface area contributed by atoms with Gasteiger partial charge >= 0.3 is 11.7 Å². The highest BCUT2D eigenvalue weighted by molar-refractivity contribution is 7.99. The zero-order valence-electron chi connectivity index (χ0n) is 18.3. The Kier molecular flexibility index (Phi) is 6.41. The van der Waals surface area contributed by atoms with Crippen molar-refractivity contribution in [3.8, 4) is 0 Å². The van der Waals surface area contributed by atoms with Crippen molar-refractivity contribution in [2.45, 2.75) is 19.0 Å². The average Bonchev–Trinajstić information content (AvgIpc) is 3.25. The number of aromatic nitrogens is 4. The molecule has 0 aliphatic carbocycles. The largest absolute Gasteiger partial charge is 0.465 e.